The molecule has 0 fully saturated rings. The Morgan fingerprint density at radius 1 is 1.14 bits per heavy atom. The molecule has 40 valence electrons. The summed E-state index contributed by atoms with van der Waals surface area (Å²) in [5.41, 5.74) is 0. The molecule has 0 heterocycles. The predicted octanol–water partition coefficient (Wildman–Crippen LogP) is -6.45. The fourth-order valence-corrected chi connectivity index (χ4v) is 0. The molecule has 0 amide bonds. The Morgan fingerprint density at radius 3 is 1.14 bits per heavy atom. The summed E-state index contributed by atoms with van der Waals surface area (Å²) < 4.78 is 25.9. The van der Waals surface area contributed by atoms with E-state index in [0.29, 0.717) is 0 Å². The van der Waals surface area contributed by atoms with Crippen LogP contribution in [0.3, 0.4) is 0 Å². The van der Waals surface area contributed by atoms with Gasteiger partial charge in [0.15, 0.2) is 0 Å². The van der Waals surface area contributed by atoms with Gasteiger partial charge in [0.1, 0.15) is 0 Å². The molecule has 0 aliphatic heterocycles. The summed E-state index contributed by atoms with van der Waals surface area (Å²) >= 11 is -4.34. The zero-order chi connectivity index (χ0) is 3.58. The van der Waals surface area contributed by atoms with Gasteiger partial charge < -0.3 is 11.0 Å². The fourth-order valence-electron chi connectivity index (χ4n) is 0. The number of hydrogen-bond donors (Lipinski definition) is 0. The minimum absolute atomic E-state index is 0. The van der Waals surface area contributed by atoms with Gasteiger partial charge in [0.2, 0.25) is 0 Å². The molecule has 0 aliphatic rings. The van der Waals surface area contributed by atoms with Gasteiger partial charge >= 0.3 is 60.6 Å². The van der Waals surface area contributed by atoms with Crippen LogP contribution in [-0.4, -0.2) is 33.2 Å². The molecule has 5 nitrogen and oxygen atoms in total. The van der Waals surface area contributed by atoms with E-state index in [-0.39, 0.29) is 40.5 Å². The van der Waals surface area contributed by atoms with Crippen molar-refractivity contribution < 1.29 is 49.3 Å². The molecule has 0 rings (SSSR count). The van der Waals surface area contributed by atoms with Crippen molar-refractivity contribution in [3.63, 3.8) is 0 Å². The molecule has 0 radical (unpaired) electrons. The van der Waals surface area contributed by atoms with Crippen molar-refractivity contribution in [2.24, 2.45) is 0 Å². The molecular formula is H4BiNaO5. The third-order valence-corrected chi connectivity index (χ3v) is 0. The van der Waals surface area contributed by atoms with Crippen LogP contribution in [0.1, 0.15) is 0 Å². The Labute approximate surface area is 70.8 Å². The average Bonchev–Trinajstić information content (AvgIpc) is 0.811. The first-order valence-electron chi connectivity index (χ1n) is 0.548. The van der Waals surface area contributed by atoms with Crippen molar-refractivity contribution in [2.45, 2.75) is 0 Å². The zero-order valence-corrected chi connectivity index (χ0v) is 9.15. The Bertz CT molecular complexity index is 56.5. The molecule has 0 aromatic carbocycles. The van der Waals surface area contributed by atoms with Crippen LogP contribution in [0.4, 0.5) is 0 Å². The maximum absolute atomic E-state index is 8.62. The van der Waals surface area contributed by atoms with Gasteiger partial charge in [-0.25, -0.2) is 0 Å². The van der Waals surface area contributed by atoms with E-state index in [1.807, 2.05) is 0 Å². The topological polar surface area (TPSA) is 120 Å². The van der Waals surface area contributed by atoms with Gasteiger partial charge in [-0.2, -0.15) is 0 Å². The zero-order valence-electron chi connectivity index (χ0n) is 3.67. The molecule has 0 saturated heterocycles. The van der Waals surface area contributed by atoms with Crippen LogP contribution in [0.25, 0.3) is 0 Å². The fraction of sp³-hybridized carbons (Fsp3) is 0. The van der Waals surface area contributed by atoms with Crippen molar-refractivity contribution >= 4 is 22.2 Å². The van der Waals surface area contributed by atoms with Crippen LogP contribution in [-0.2, 0) is 5.63 Å². The molecule has 0 aromatic heterocycles. The third kappa shape index (κ3) is 114. The van der Waals surface area contributed by atoms with E-state index in [0.717, 1.165) is 0 Å². The summed E-state index contributed by atoms with van der Waals surface area (Å²) in [6, 6.07) is 0. The second-order valence-corrected chi connectivity index (χ2v) is 1.96. The average molecular weight is 316 g/mol. The van der Waals surface area contributed by atoms with Gasteiger partial charge in [0.05, 0.1) is 0 Å². The molecule has 0 aliphatic carbocycles. The van der Waals surface area contributed by atoms with Crippen molar-refractivity contribution in [1.82, 2.24) is 0 Å². The van der Waals surface area contributed by atoms with E-state index in [9.17, 15) is 0 Å². The van der Waals surface area contributed by atoms with E-state index >= 15 is 0 Å². The normalized spacial score (nSPS) is 3.57. The SMILES string of the molecule is O.O.[Na+].[O]=[Bi](=[O])[O-]. The maximum atomic E-state index is 8.62. The Kier molecular flexibility index (Phi) is 53.3. The van der Waals surface area contributed by atoms with E-state index in [4.69, 9.17) is 8.81 Å². The third-order valence-electron chi connectivity index (χ3n) is 0. The van der Waals surface area contributed by atoms with Crippen LogP contribution < -0.4 is 32.7 Å². The second kappa shape index (κ2) is 15.7. The number of rotatable bonds is 0. The van der Waals surface area contributed by atoms with Crippen molar-refractivity contribution in [2.75, 3.05) is 0 Å². The van der Waals surface area contributed by atoms with Gasteiger partial charge in [-0.15, -0.1) is 0 Å². The molecule has 0 aromatic rings. The second-order valence-electron chi connectivity index (χ2n) is 0.224. The molecule has 7 heavy (non-hydrogen) atoms. The van der Waals surface area contributed by atoms with Gasteiger partial charge in [0, 0.05) is 0 Å². The van der Waals surface area contributed by atoms with Crippen molar-refractivity contribution in [3.05, 3.63) is 0 Å². The quantitative estimate of drug-likeness (QED) is 0.413. The van der Waals surface area contributed by atoms with Gasteiger partial charge in [-0.05, 0) is 0 Å². The first kappa shape index (κ1) is 23.8. The molecule has 7 heteroatoms. The Balaban J connectivity index is -0.0000000150. The molecule has 4 N–H and O–H groups in total. The Hall–Kier alpha value is 1.36. The van der Waals surface area contributed by atoms with Crippen molar-refractivity contribution in [3.8, 4) is 0 Å². The van der Waals surface area contributed by atoms with Crippen LogP contribution in [0.2, 0.25) is 0 Å². The molecule has 0 saturated carbocycles. The molecule has 0 bridgehead atoms. The van der Waals surface area contributed by atoms with Crippen molar-refractivity contribution in [1.29, 1.82) is 0 Å². The van der Waals surface area contributed by atoms with E-state index in [2.05, 4.69) is 0 Å². The number of hydrogen-bond acceptors (Lipinski definition) is 3. The molecule has 0 unspecified atom stereocenters. The van der Waals surface area contributed by atoms with E-state index < -0.39 is 22.2 Å². The molecule has 0 atom stereocenters. The van der Waals surface area contributed by atoms with E-state index in [1.54, 1.807) is 0 Å². The first-order valence-corrected chi connectivity index (χ1v) is 4.81. The van der Waals surface area contributed by atoms with Crippen LogP contribution in [0.5, 0.6) is 0 Å². The van der Waals surface area contributed by atoms with Crippen LogP contribution >= 0.6 is 0 Å². The summed E-state index contributed by atoms with van der Waals surface area (Å²) in [6.45, 7) is 0. The summed E-state index contributed by atoms with van der Waals surface area (Å²) in [5.74, 6) is 0. The Morgan fingerprint density at radius 2 is 1.14 bits per heavy atom. The minimum atomic E-state index is -4.34. The molecule has 0 spiro atoms. The first-order chi connectivity index (χ1) is 1.73. The summed E-state index contributed by atoms with van der Waals surface area (Å²) in [5, 5.41) is 0. The monoisotopic (exact) mass is 316 g/mol. The predicted molar refractivity (Wildman–Crippen MR) is 14.4 cm³/mol. The van der Waals surface area contributed by atoms with Gasteiger partial charge in [-0.3, -0.25) is 0 Å². The molecular weight excluding hydrogens is 312 g/mol. The summed E-state index contributed by atoms with van der Waals surface area (Å²) in [4.78, 5) is 0. The summed E-state index contributed by atoms with van der Waals surface area (Å²) in [6.07, 6.45) is 0. The van der Waals surface area contributed by atoms with Gasteiger partial charge in [-0.1, -0.05) is 0 Å². The van der Waals surface area contributed by atoms with Crippen LogP contribution in [0, 0.1) is 0 Å². The van der Waals surface area contributed by atoms with E-state index in [1.165, 1.54) is 0 Å². The van der Waals surface area contributed by atoms with Crippen LogP contribution in [0.15, 0.2) is 0 Å². The standard InChI is InChI=1S/Bi.Na.2H2O.3O/h;;2*1H2;;;/q;+1;;;;;-1. The summed E-state index contributed by atoms with van der Waals surface area (Å²) in [7, 11) is 0. The van der Waals surface area contributed by atoms with Gasteiger partial charge in [0.25, 0.3) is 0 Å².